The first-order valence-electron chi connectivity index (χ1n) is 10.1. The van der Waals surface area contributed by atoms with Crippen LogP contribution in [0.3, 0.4) is 0 Å². The van der Waals surface area contributed by atoms with Crippen LogP contribution in [0.4, 0.5) is 0 Å². The summed E-state index contributed by atoms with van der Waals surface area (Å²) in [6, 6.07) is 10.6. The Morgan fingerprint density at radius 2 is 2.12 bits per heavy atom. The fraction of sp³-hybridized carbons (Fsp3) is 0.348. The van der Waals surface area contributed by atoms with Crippen molar-refractivity contribution < 1.29 is 24.1 Å². The Balaban J connectivity index is 1.62. The molecule has 9 heteroatoms. The van der Waals surface area contributed by atoms with Crippen molar-refractivity contribution in [2.24, 2.45) is 0 Å². The zero-order valence-electron chi connectivity index (χ0n) is 17.9. The third kappa shape index (κ3) is 5.43. The van der Waals surface area contributed by atoms with Crippen LogP contribution in [0.25, 0.3) is 11.0 Å². The van der Waals surface area contributed by atoms with Crippen molar-refractivity contribution in [1.82, 2.24) is 9.97 Å². The summed E-state index contributed by atoms with van der Waals surface area (Å²) >= 11 is 7.77. The van der Waals surface area contributed by atoms with Gasteiger partial charge in [0, 0.05) is 10.3 Å². The lowest BCUT2D eigenvalue weighted by molar-refractivity contribution is -0.144. The Hall–Kier alpha value is -2.55. The van der Waals surface area contributed by atoms with Crippen LogP contribution in [0.15, 0.2) is 42.6 Å². The molecule has 0 amide bonds. The van der Waals surface area contributed by atoms with E-state index >= 15 is 0 Å². The van der Waals surface area contributed by atoms with Gasteiger partial charge in [-0.3, -0.25) is 0 Å². The van der Waals surface area contributed by atoms with Gasteiger partial charge in [0.1, 0.15) is 16.4 Å². The molecule has 32 heavy (non-hydrogen) atoms. The van der Waals surface area contributed by atoms with Gasteiger partial charge in [-0.25, -0.2) is 14.8 Å². The third-order valence-electron chi connectivity index (χ3n) is 4.90. The second kappa shape index (κ2) is 9.13. The maximum Gasteiger partial charge on any atom is 0.344 e. The zero-order chi connectivity index (χ0) is 22.9. The van der Waals surface area contributed by atoms with Crippen molar-refractivity contribution in [2.75, 3.05) is 6.61 Å². The normalized spacial score (nSPS) is 18.4. The van der Waals surface area contributed by atoms with Gasteiger partial charge in [-0.1, -0.05) is 11.6 Å². The molecule has 1 aliphatic rings. The largest absolute Gasteiger partial charge is 0.479 e. The van der Waals surface area contributed by atoms with E-state index in [1.165, 1.54) is 6.92 Å². The van der Waals surface area contributed by atoms with Gasteiger partial charge in [0.05, 0.1) is 23.8 Å². The number of halogens is 1. The molecule has 0 aliphatic carbocycles. The number of nitrogens with zero attached hydrogens (tertiary/aromatic N) is 2. The monoisotopic (exact) mass is 474 g/mol. The summed E-state index contributed by atoms with van der Waals surface area (Å²) in [5, 5.41) is 9.98. The highest BCUT2D eigenvalue weighted by molar-refractivity contribution is 8.01. The molecule has 7 nitrogen and oxygen atoms in total. The van der Waals surface area contributed by atoms with E-state index in [-0.39, 0.29) is 10.2 Å². The van der Waals surface area contributed by atoms with Crippen molar-refractivity contribution in [3.8, 4) is 17.4 Å². The van der Waals surface area contributed by atoms with E-state index in [1.807, 2.05) is 19.9 Å². The number of carbonyl (C=O) groups is 1. The van der Waals surface area contributed by atoms with E-state index in [0.717, 1.165) is 5.56 Å². The fourth-order valence-electron chi connectivity index (χ4n) is 3.38. The molecule has 1 aromatic heterocycles. The van der Waals surface area contributed by atoms with Gasteiger partial charge in [-0.15, -0.1) is 11.8 Å². The molecule has 2 atom stereocenters. The summed E-state index contributed by atoms with van der Waals surface area (Å²) in [5.74, 6) is 0.391. The van der Waals surface area contributed by atoms with Gasteiger partial charge in [-0.2, -0.15) is 0 Å². The van der Waals surface area contributed by atoms with E-state index < -0.39 is 12.1 Å². The van der Waals surface area contributed by atoms with Gasteiger partial charge in [0.25, 0.3) is 0 Å². The first-order valence-corrected chi connectivity index (χ1v) is 11.4. The minimum Gasteiger partial charge on any atom is -0.479 e. The Morgan fingerprint density at radius 1 is 1.31 bits per heavy atom. The first-order chi connectivity index (χ1) is 15.2. The van der Waals surface area contributed by atoms with Crippen LogP contribution in [-0.2, 0) is 16.0 Å². The van der Waals surface area contributed by atoms with Crippen LogP contribution in [0, 0.1) is 0 Å². The number of hydrogen-bond acceptors (Lipinski definition) is 7. The Bertz CT molecular complexity index is 1160. The van der Waals surface area contributed by atoms with Crippen molar-refractivity contribution in [3.63, 3.8) is 0 Å². The van der Waals surface area contributed by atoms with Crippen LogP contribution >= 0.6 is 23.4 Å². The highest BCUT2D eigenvalue weighted by atomic mass is 35.5. The minimum atomic E-state index is -1.03. The molecule has 0 radical (unpaired) electrons. The van der Waals surface area contributed by atoms with E-state index in [9.17, 15) is 4.79 Å². The molecule has 2 aromatic carbocycles. The standard InChI is InChI=1S/C23H23ClN2O5S/c1-13(22(27)28)30-16-5-7-20(14(8-16)9-17-12-29-23(2,3)32-17)31-21-11-25-19-10-15(24)4-6-18(19)26-21/h4-8,10-11,13,17H,9,12H2,1-3H3,(H,27,28). The number of rotatable bonds is 7. The number of thioether (sulfide) groups is 1. The molecular weight excluding hydrogens is 452 g/mol. The smallest absolute Gasteiger partial charge is 0.344 e. The molecule has 1 N–H and O–H groups in total. The average Bonchev–Trinajstić information content (AvgIpc) is 3.08. The van der Waals surface area contributed by atoms with Crippen LogP contribution in [-0.4, -0.2) is 43.9 Å². The molecule has 3 aromatic rings. The summed E-state index contributed by atoms with van der Waals surface area (Å²) in [5.41, 5.74) is 2.22. The summed E-state index contributed by atoms with van der Waals surface area (Å²) in [6.45, 7) is 6.19. The first kappa shape index (κ1) is 22.6. The van der Waals surface area contributed by atoms with Crippen LogP contribution < -0.4 is 9.47 Å². The third-order valence-corrected chi connectivity index (χ3v) is 6.46. The van der Waals surface area contributed by atoms with Crippen LogP contribution in [0.2, 0.25) is 5.02 Å². The van der Waals surface area contributed by atoms with Gasteiger partial charge < -0.3 is 19.3 Å². The second-order valence-corrected chi connectivity index (χ2v) is 10.3. The molecule has 2 unspecified atom stereocenters. The zero-order valence-corrected chi connectivity index (χ0v) is 19.4. The lowest BCUT2D eigenvalue weighted by atomic mass is 10.1. The summed E-state index contributed by atoms with van der Waals surface area (Å²) in [6.07, 6.45) is 1.25. The van der Waals surface area contributed by atoms with Crippen LogP contribution in [0.5, 0.6) is 17.4 Å². The Morgan fingerprint density at radius 3 is 2.84 bits per heavy atom. The molecule has 1 fully saturated rings. The summed E-state index contributed by atoms with van der Waals surface area (Å²) < 4.78 is 17.5. The Kier molecular flexibility index (Phi) is 6.46. The number of carboxylic acids is 1. The molecule has 0 saturated carbocycles. The number of fused-ring (bicyclic) bond motifs is 1. The molecule has 4 rings (SSSR count). The van der Waals surface area contributed by atoms with Gasteiger partial charge in [-0.05, 0) is 69.2 Å². The van der Waals surface area contributed by atoms with E-state index in [4.69, 9.17) is 30.9 Å². The number of aromatic nitrogens is 2. The number of carboxylic acid groups (broad SMARTS) is 1. The fourth-order valence-corrected chi connectivity index (χ4v) is 4.88. The van der Waals surface area contributed by atoms with Crippen molar-refractivity contribution in [3.05, 3.63) is 53.2 Å². The van der Waals surface area contributed by atoms with Crippen LogP contribution in [0.1, 0.15) is 26.3 Å². The second-order valence-electron chi connectivity index (χ2n) is 7.97. The molecule has 1 saturated heterocycles. The average molecular weight is 475 g/mol. The highest BCUT2D eigenvalue weighted by Gasteiger charge is 2.33. The minimum absolute atomic E-state index is 0.226. The molecule has 1 aliphatic heterocycles. The lowest BCUT2D eigenvalue weighted by Crippen LogP contribution is -2.23. The van der Waals surface area contributed by atoms with Gasteiger partial charge in [0.15, 0.2) is 6.10 Å². The quantitative estimate of drug-likeness (QED) is 0.490. The molecule has 2 heterocycles. The van der Waals surface area contributed by atoms with Gasteiger partial charge >= 0.3 is 5.97 Å². The number of ether oxygens (including phenoxy) is 3. The maximum atomic E-state index is 11.2. The predicted octanol–water partition coefficient (Wildman–Crippen LogP) is 5.34. The topological polar surface area (TPSA) is 90.8 Å². The van der Waals surface area contributed by atoms with Crippen molar-refractivity contribution in [2.45, 2.75) is 43.5 Å². The number of benzene rings is 2. The highest BCUT2D eigenvalue weighted by Crippen LogP contribution is 2.40. The molecule has 0 spiro atoms. The molecular formula is C23H23ClN2O5S. The van der Waals surface area contributed by atoms with E-state index in [0.29, 0.717) is 46.5 Å². The van der Waals surface area contributed by atoms with E-state index in [2.05, 4.69) is 9.97 Å². The number of aliphatic carboxylic acids is 1. The predicted molar refractivity (Wildman–Crippen MR) is 124 cm³/mol. The lowest BCUT2D eigenvalue weighted by Gasteiger charge is -2.18. The summed E-state index contributed by atoms with van der Waals surface area (Å²) in [7, 11) is 0. The molecule has 168 valence electrons. The van der Waals surface area contributed by atoms with Crippen molar-refractivity contribution >= 4 is 40.4 Å². The molecule has 0 bridgehead atoms. The Labute approximate surface area is 195 Å². The van der Waals surface area contributed by atoms with E-state index in [1.54, 1.807) is 48.3 Å². The maximum absolute atomic E-state index is 11.2. The van der Waals surface area contributed by atoms with Gasteiger partial charge in [0.2, 0.25) is 5.88 Å². The SMILES string of the molecule is CC(Oc1ccc(Oc2cnc3cc(Cl)ccc3n2)c(CC2COC(C)(C)S2)c1)C(=O)O. The van der Waals surface area contributed by atoms with Crippen molar-refractivity contribution in [1.29, 1.82) is 0 Å². The number of hydrogen-bond donors (Lipinski definition) is 1. The summed E-state index contributed by atoms with van der Waals surface area (Å²) in [4.78, 5) is 19.8.